The van der Waals surface area contributed by atoms with Crippen LogP contribution in [0.15, 0.2) is 6.20 Å². The average Bonchev–Trinajstić information content (AvgIpc) is 3.04. The second kappa shape index (κ2) is 8.45. The third-order valence-corrected chi connectivity index (χ3v) is 5.69. The number of hydrogen-bond acceptors (Lipinski definition) is 6. The van der Waals surface area contributed by atoms with Crippen molar-refractivity contribution in [3.05, 3.63) is 11.9 Å². The maximum atomic E-state index is 11.4. The standard InChI is InChI=1S/C18H31N5O3/c1-12-13(2)18(19-15(4)24)14(3)26-17(12)11-23-10-16(20-21-23)9-22-5-7-25-8-6-22/h10,12-14,17-18H,5-9,11H2,1-4H3,(H,19,24). The van der Waals surface area contributed by atoms with Gasteiger partial charge in [0.25, 0.3) is 0 Å². The van der Waals surface area contributed by atoms with Gasteiger partial charge in [-0.1, -0.05) is 19.1 Å². The molecule has 0 bridgehead atoms. The zero-order valence-electron chi connectivity index (χ0n) is 16.2. The molecule has 0 saturated carbocycles. The van der Waals surface area contributed by atoms with Crippen molar-refractivity contribution in [3.63, 3.8) is 0 Å². The molecule has 2 saturated heterocycles. The fraction of sp³-hybridized carbons (Fsp3) is 0.833. The summed E-state index contributed by atoms with van der Waals surface area (Å²) in [6.07, 6.45) is 2.05. The summed E-state index contributed by atoms with van der Waals surface area (Å²) in [5.41, 5.74) is 0.979. The van der Waals surface area contributed by atoms with E-state index in [1.807, 2.05) is 17.8 Å². The van der Waals surface area contributed by atoms with Crippen molar-refractivity contribution in [2.24, 2.45) is 11.8 Å². The summed E-state index contributed by atoms with van der Waals surface area (Å²) >= 11 is 0. The monoisotopic (exact) mass is 365 g/mol. The highest BCUT2D eigenvalue weighted by Crippen LogP contribution is 2.31. The Balaban J connectivity index is 1.57. The van der Waals surface area contributed by atoms with Crippen LogP contribution in [0.1, 0.15) is 33.4 Å². The summed E-state index contributed by atoms with van der Waals surface area (Å²) in [5, 5.41) is 11.6. The van der Waals surface area contributed by atoms with E-state index in [1.54, 1.807) is 6.92 Å². The Hall–Kier alpha value is -1.51. The van der Waals surface area contributed by atoms with E-state index >= 15 is 0 Å². The summed E-state index contributed by atoms with van der Waals surface area (Å²) in [4.78, 5) is 13.8. The number of amides is 1. The predicted molar refractivity (Wildman–Crippen MR) is 96.4 cm³/mol. The Bertz CT molecular complexity index is 601. The number of carbonyl (C=O) groups excluding carboxylic acids is 1. The normalized spacial score (nSPS) is 33.2. The maximum absolute atomic E-state index is 11.4. The lowest BCUT2D eigenvalue weighted by molar-refractivity contribution is -0.135. The number of aromatic nitrogens is 3. The van der Waals surface area contributed by atoms with Crippen LogP contribution in [0, 0.1) is 11.8 Å². The molecular weight excluding hydrogens is 334 g/mol. The van der Waals surface area contributed by atoms with Crippen LogP contribution in [0.5, 0.6) is 0 Å². The average molecular weight is 365 g/mol. The van der Waals surface area contributed by atoms with Crippen LogP contribution in [0.4, 0.5) is 0 Å². The molecule has 5 unspecified atom stereocenters. The topological polar surface area (TPSA) is 81.5 Å². The van der Waals surface area contributed by atoms with Gasteiger partial charge >= 0.3 is 0 Å². The van der Waals surface area contributed by atoms with Crippen LogP contribution in [0.2, 0.25) is 0 Å². The SMILES string of the molecule is CC(=O)NC1C(C)OC(Cn2cc(CN3CCOCC3)nn2)C(C)C1C. The molecule has 8 nitrogen and oxygen atoms in total. The third-order valence-electron chi connectivity index (χ3n) is 5.69. The first-order valence-electron chi connectivity index (χ1n) is 9.55. The second-order valence-corrected chi connectivity index (χ2v) is 7.64. The van der Waals surface area contributed by atoms with Gasteiger partial charge in [-0.3, -0.25) is 9.69 Å². The van der Waals surface area contributed by atoms with E-state index in [-0.39, 0.29) is 24.2 Å². The van der Waals surface area contributed by atoms with Crippen molar-refractivity contribution in [1.82, 2.24) is 25.2 Å². The summed E-state index contributed by atoms with van der Waals surface area (Å²) in [6, 6.07) is 0.0476. The van der Waals surface area contributed by atoms with Crippen LogP contribution < -0.4 is 5.32 Å². The molecule has 146 valence electrons. The first-order chi connectivity index (χ1) is 12.4. The molecule has 8 heteroatoms. The van der Waals surface area contributed by atoms with Gasteiger partial charge in [0.1, 0.15) is 0 Å². The Kier molecular flexibility index (Phi) is 6.26. The molecular formula is C18H31N5O3. The smallest absolute Gasteiger partial charge is 0.217 e. The number of morpholine rings is 1. The van der Waals surface area contributed by atoms with Gasteiger partial charge in [-0.15, -0.1) is 5.10 Å². The first-order valence-corrected chi connectivity index (χ1v) is 9.55. The maximum Gasteiger partial charge on any atom is 0.217 e. The zero-order chi connectivity index (χ0) is 18.7. The van der Waals surface area contributed by atoms with E-state index in [2.05, 4.69) is 34.4 Å². The summed E-state index contributed by atoms with van der Waals surface area (Å²) in [5.74, 6) is 0.644. The quantitative estimate of drug-likeness (QED) is 0.826. The highest BCUT2D eigenvalue weighted by Gasteiger charge is 2.40. The van der Waals surface area contributed by atoms with E-state index in [1.165, 1.54) is 0 Å². The summed E-state index contributed by atoms with van der Waals surface area (Å²) < 4.78 is 13.5. The summed E-state index contributed by atoms with van der Waals surface area (Å²) in [7, 11) is 0. The Labute approximate surface area is 155 Å². The van der Waals surface area contributed by atoms with Gasteiger partial charge in [-0.25, -0.2) is 4.68 Å². The van der Waals surface area contributed by atoms with Gasteiger partial charge in [-0.05, 0) is 18.8 Å². The molecule has 1 aromatic heterocycles. The van der Waals surface area contributed by atoms with E-state index in [0.717, 1.165) is 38.5 Å². The lowest BCUT2D eigenvalue weighted by Crippen LogP contribution is -2.56. The van der Waals surface area contributed by atoms with Crippen molar-refractivity contribution in [2.75, 3.05) is 26.3 Å². The van der Waals surface area contributed by atoms with Crippen molar-refractivity contribution in [1.29, 1.82) is 0 Å². The predicted octanol–water partition coefficient (Wildman–Crippen LogP) is 0.675. The molecule has 3 heterocycles. The molecule has 2 aliphatic heterocycles. The fourth-order valence-electron chi connectivity index (χ4n) is 3.94. The molecule has 0 spiro atoms. The summed E-state index contributed by atoms with van der Waals surface area (Å²) in [6.45, 7) is 12.9. The molecule has 26 heavy (non-hydrogen) atoms. The van der Waals surface area contributed by atoms with Crippen LogP contribution in [0.25, 0.3) is 0 Å². The fourth-order valence-corrected chi connectivity index (χ4v) is 3.94. The van der Waals surface area contributed by atoms with Crippen LogP contribution >= 0.6 is 0 Å². The molecule has 1 N–H and O–H groups in total. The van der Waals surface area contributed by atoms with E-state index in [0.29, 0.717) is 18.4 Å². The van der Waals surface area contributed by atoms with Crippen LogP contribution in [-0.2, 0) is 27.4 Å². The number of nitrogens with one attached hydrogen (secondary N) is 1. The minimum Gasteiger partial charge on any atom is -0.379 e. The molecule has 0 aliphatic carbocycles. The van der Waals surface area contributed by atoms with Gasteiger partial charge in [0.05, 0.1) is 43.7 Å². The first kappa shape index (κ1) is 19.3. The number of ether oxygens (including phenoxy) is 2. The molecule has 0 aromatic carbocycles. The van der Waals surface area contributed by atoms with Crippen LogP contribution in [-0.4, -0.2) is 70.4 Å². The van der Waals surface area contributed by atoms with Gasteiger partial charge in [0.15, 0.2) is 0 Å². The number of carbonyl (C=O) groups is 1. The Morgan fingerprint density at radius 2 is 2.00 bits per heavy atom. The minimum atomic E-state index is -0.0218. The molecule has 1 aromatic rings. The zero-order valence-corrected chi connectivity index (χ0v) is 16.2. The molecule has 0 radical (unpaired) electrons. The third kappa shape index (κ3) is 4.61. The van der Waals surface area contributed by atoms with E-state index < -0.39 is 0 Å². The van der Waals surface area contributed by atoms with Crippen LogP contribution in [0.3, 0.4) is 0 Å². The number of rotatable bonds is 5. The van der Waals surface area contributed by atoms with E-state index in [4.69, 9.17) is 9.47 Å². The van der Waals surface area contributed by atoms with Gasteiger partial charge in [0.2, 0.25) is 5.91 Å². The largest absolute Gasteiger partial charge is 0.379 e. The van der Waals surface area contributed by atoms with Crippen molar-refractivity contribution in [3.8, 4) is 0 Å². The van der Waals surface area contributed by atoms with Gasteiger partial charge < -0.3 is 14.8 Å². The second-order valence-electron chi connectivity index (χ2n) is 7.64. The lowest BCUT2D eigenvalue weighted by atomic mass is 9.80. The number of hydrogen-bond donors (Lipinski definition) is 1. The highest BCUT2D eigenvalue weighted by atomic mass is 16.5. The number of nitrogens with zero attached hydrogens (tertiary/aromatic N) is 4. The van der Waals surface area contributed by atoms with Crippen molar-refractivity contribution in [2.45, 2.75) is 59.0 Å². The molecule has 1 amide bonds. The van der Waals surface area contributed by atoms with Crippen molar-refractivity contribution >= 4 is 5.91 Å². The Morgan fingerprint density at radius 1 is 1.27 bits per heavy atom. The van der Waals surface area contributed by atoms with Crippen molar-refractivity contribution < 1.29 is 14.3 Å². The highest BCUT2D eigenvalue weighted by molar-refractivity contribution is 5.73. The molecule has 2 aliphatic rings. The molecule has 2 fully saturated rings. The lowest BCUT2D eigenvalue weighted by Gasteiger charge is -2.44. The van der Waals surface area contributed by atoms with E-state index in [9.17, 15) is 4.79 Å². The Morgan fingerprint density at radius 3 is 2.69 bits per heavy atom. The van der Waals surface area contributed by atoms with Gasteiger partial charge in [0, 0.05) is 32.8 Å². The van der Waals surface area contributed by atoms with Gasteiger partial charge in [-0.2, -0.15) is 0 Å². The molecule has 3 rings (SSSR count). The molecule has 5 atom stereocenters. The minimum absolute atomic E-state index is 0.00743.